The van der Waals surface area contributed by atoms with Gasteiger partial charge in [-0.3, -0.25) is 4.79 Å². The summed E-state index contributed by atoms with van der Waals surface area (Å²) in [4.78, 5) is 12.2. The molecular formula is C19H17BrN2O2. The number of carbonyl (C=O) groups is 1. The molecule has 2 aromatic rings. The van der Waals surface area contributed by atoms with Crippen molar-refractivity contribution in [2.24, 2.45) is 0 Å². The monoisotopic (exact) mass is 384 g/mol. The van der Waals surface area contributed by atoms with Gasteiger partial charge in [0.2, 0.25) is 0 Å². The van der Waals surface area contributed by atoms with E-state index in [1.54, 1.807) is 18.2 Å². The normalized spacial score (nSPS) is 10.8. The van der Waals surface area contributed by atoms with Gasteiger partial charge in [-0.15, -0.1) is 0 Å². The lowest BCUT2D eigenvalue weighted by molar-refractivity contribution is -0.117. The molecule has 0 heterocycles. The largest absolute Gasteiger partial charge is 0.493 e. The Morgan fingerprint density at radius 1 is 1.29 bits per heavy atom. The van der Waals surface area contributed by atoms with E-state index in [0.717, 1.165) is 21.3 Å². The third kappa shape index (κ3) is 4.97. The standard InChI is InChI=1S/C19H17BrN2O2/c1-2-24-18-9-8-15(11-17(18)20)10-16(12-21)19(23)22-13-14-6-4-3-5-7-14/h3-11H,2,13H2,1H3,(H,22,23)/b16-10-. The summed E-state index contributed by atoms with van der Waals surface area (Å²) in [5.74, 6) is 0.327. The van der Waals surface area contributed by atoms with E-state index in [2.05, 4.69) is 21.2 Å². The van der Waals surface area contributed by atoms with Gasteiger partial charge in [0.25, 0.3) is 5.91 Å². The highest BCUT2D eigenvalue weighted by atomic mass is 79.9. The zero-order valence-electron chi connectivity index (χ0n) is 13.3. The van der Waals surface area contributed by atoms with Gasteiger partial charge < -0.3 is 10.1 Å². The molecule has 4 nitrogen and oxygen atoms in total. The van der Waals surface area contributed by atoms with Crippen LogP contribution < -0.4 is 10.1 Å². The van der Waals surface area contributed by atoms with E-state index in [-0.39, 0.29) is 5.57 Å². The average molecular weight is 385 g/mol. The van der Waals surface area contributed by atoms with Crippen LogP contribution in [-0.4, -0.2) is 12.5 Å². The second-order valence-corrected chi connectivity index (χ2v) is 5.82. The summed E-state index contributed by atoms with van der Waals surface area (Å²) in [5, 5.41) is 12.0. The lowest BCUT2D eigenvalue weighted by Gasteiger charge is -2.07. The molecule has 0 aliphatic heterocycles. The molecule has 1 amide bonds. The highest BCUT2D eigenvalue weighted by Crippen LogP contribution is 2.26. The van der Waals surface area contributed by atoms with E-state index < -0.39 is 5.91 Å². The van der Waals surface area contributed by atoms with Gasteiger partial charge in [-0.05, 0) is 52.2 Å². The summed E-state index contributed by atoms with van der Waals surface area (Å²) in [7, 11) is 0. The quantitative estimate of drug-likeness (QED) is 0.602. The molecule has 5 heteroatoms. The van der Waals surface area contributed by atoms with Crippen molar-refractivity contribution >= 4 is 27.9 Å². The lowest BCUT2D eigenvalue weighted by Crippen LogP contribution is -2.23. The minimum Gasteiger partial charge on any atom is -0.493 e. The maximum Gasteiger partial charge on any atom is 0.262 e. The van der Waals surface area contributed by atoms with Crippen LogP contribution in [-0.2, 0) is 11.3 Å². The van der Waals surface area contributed by atoms with Crippen molar-refractivity contribution in [1.82, 2.24) is 5.32 Å². The van der Waals surface area contributed by atoms with Crippen LogP contribution >= 0.6 is 15.9 Å². The second-order valence-electron chi connectivity index (χ2n) is 4.96. The highest BCUT2D eigenvalue weighted by molar-refractivity contribution is 9.10. The first-order chi connectivity index (χ1) is 11.6. The lowest BCUT2D eigenvalue weighted by atomic mass is 10.1. The molecule has 1 N–H and O–H groups in total. The van der Waals surface area contributed by atoms with Gasteiger partial charge in [0.05, 0.1) is 11.1 Å². The summed E-state index contributed by atoms with van der Waals surface area (Å²) in [6.45, 7) is 2.86. The van der Waals surface area contributed by atoms with Crippen LogP contribution in [0.15, 0.2) is 58.6 Å². The Kier molecular flexibility index (Phi) is 6.59. The molecule has 0 atom stereocenters. The Bertz CT molecular complexity index is 780. The van der Waals surface area contributed by atoms with E-state index >= 15 is 0 Å². The van der Waals surface area contributed by atoms with Crippen molar-refractivity contribution in [3.8, 4) is 11.8 Å². The smallest absolute Gasteiger partial charge is 0.262 e. The number of hydrogen-bond donors (Lipinski definition) is 1. The van der Waals surface area contributed by atoms with Gasteiger partial charge in [-0.25, -0.2) is 0 Å². The van der Waals surface area contributed by atoms with Gasteiger partial charge in [-0.2, -0.15) is 5.26 Å². The Balaban J connectivity index is 2.09. The van der Waals surface area contributed by atoms with E-state index in [4.69, 9.17) is 4.74 Å². The fourth-order valence-corrected chi connectivity index (χ4v) is 2.58. The summed E-state index contributed by atoms with van der Waals surface area (Å²) in [5.41, 5.74) is 1.78. The molecule has 122 valence electrons. The molecule has 0 unspecified atom stereocenters. The minimum atomic E-state index is -0.397. The molecule has 0 spiro atoms. The Morgan fingerprint density at radius 3 is 2.67 bits per heavy atom. The predicted molar refractivity (Wildman–Crippen MR) is 97.2 cm³/mol. The third-order valence-electron chi connectivity index (χ3n) is 3.23. The molecule has 0 bridgehead atoms. The van der Waals surface area contributed by atoms with Crippen LogP contribution in [0.25, 0.3) is 6.08 Å². The van der Waals surface area contributed by atoms with Crippen molar-refractivity contribution in [3.05, 3.63) is 69.7 Å². The van der Waals surface area contributed by atoms with Crippen molar-refractivity contribution in [2.75, 3.05) is 6.61 Å². The first kappa shape index (κ1) is 17.8. The minimum absolute atomic E-state index is 0.0574. The topological polar surface area (TPSA) is 62.1 Å². The molecule has 0 aliphatic carbocycles. The van der Waals surface area contributed by atoms with Crippen LogP contribution in [0, 0.1) is 11.3 Å². The van der Waals surface area contributed by atoms with E-state index in [9.17, 15) is 10.1 Å². The average Bonchev–Trinajstić information content (AvgIpc) is 2.61. The summed E-state index contributed by atoms with van der Waals surface area (Å²) >= 11 is 3.42. The number of nitrogens with one attached hydrogen (secondary N) is 1. The van der Waals surface area contributed by atoms with Crippen molar-refractivity contribution in [1.29, 1.82) is 5.26 Å². The molecule has 0 aromatic heterocycles. The zero-order chi connectivity index (χ0) is 17.4. The van der Waals surface area contributed by atoms with Crippen molar-refractivity contribution < 1.29 is 9.53 Å². The maximum atomic E-state index is 12.2. The van der Waals surface area contributed by atoms with Crippen molar-refractivity contribution in [3.63, 3.8) is 0 Å². The number of benzene rings is 2. The van der Waals surface area contributed by atoms with Gasteiger partial charge in [0.1, 0.15) is 17.4 Å². The SMILES string of the molecule is CCOc1ccc(/C=C(/C#N)C(=O)NCc2ccccc2)cc1Br. The van der Waals surface area contributed by atoms with Crippen LogP contribution in [0.5, 0.6) is 5.75 Å². The van der Waals surface area contributed by atoms with Crippen LogP contribution in [0.3, 0.4) is 0 Å². The van der Waals surface area contributed by atoms with Gasteiger partial charge in [0.15, 0.2) is 0 Å². The van der Waals surface area contributed by atoms with Crippen LogP contribution in [0.4, 0.5) is 0 Å². The van der Waals surface area contributed by atoms with Crippen LogP contribution in [0.2, 0.25) is 0 Å². The molecule has 24 heavy (non-hydrogen) atoms. The molecule has 0 saturated carbocycles. The third-order valence-corrected chi connectivity index (χ3v) is 3.85. The molecular weight excluding hydrogens is 368 g/mol. The van der Waals surface area contributed by atoms with Crippen molar-refractivity contribution in [2.45, 2.75) is 13.5 Å². The van der Waals surface area contributed by atoms with E-state index in [0.29, 0.717) is 13.2 Å². The summed E-state index contributed by atoms with van der Waals surface area (Å²) in [6.07, 6.45) is 1.56. The van der Waals surface area contributed by atoms with Gasteiger partial charge >= 0.3 is 0 Å². The number of ether oxygens (including phenoxy) is 1. The summed E-state index contributed by atoms with van der Waals surface area (Å²) < 4.78 is 6.22. The zero-order valence-corrected chi connectivity index (χ0v) is 14.8. The fourth-order valence-electron chi connectivity index (χ4n) is 2.07. The predicted octanol–water partition coefficient (Wildman–Crippen LogP) is 4.07. The number of carbonyl (C=O) groups excluding carboxylic acids is 1. The first-order valence-corrected chi connectivity index (χ1v) is 8.29. The molecule has 2 aromatic carbocycles. The van der Waals surface area contributed by atoms with Gasteiger partial charge in [-0.1, -0.05) is 36.4 Å². The molecule has 2 rings (SSSR count). The number of amides is 1. The fraction of sp³-hybridized carbons (Fsp3) is 0.158. The molecule has 0 aliphatic rings. The Hall–Kier alpha value is -2.58. The second kappa shape index (κ2) is 8.90. The number of nitriles is 1. The van der Waals surface area contributed by atoms with E-state index in [1.165, 1.54) is 0 Å². The molecule has 0 saturated heterocycles. The Morgan fingerprint density at radius 2 is 2.04 bits per heavy atom. The number of hydrogen-bond acceptors (Lipinski definition) is 3. The molecule has 0 fully saturated rings. The van der Waals surface area contributed by atoms with Gasteiger partial charge in [0, 0.05) is 6.54 Å². The first-order valence-electron chi connectivity index (χ1n) is 7.50. The number of halogens is 1. The molecule has 0 radical (unpaired) electrons. The maximum absolute atomic E-state index is 12.2. The van der Waals surface area contributed by atoms with Crippen LogP contribution in [0.1, 0.15) is 18.1 Å². The van der Waals surface area contributed by atoms with E-state index in [1.807, 2.05) is 49.4 Å². The Labute approximate surface area is 149 Å². The number of rotatable bonds is 6. The number of nitrogens with zero attached hydrogens (tertiary/aromatic N) is 1. The highest BCUT2D eigenvalue weighted by Gasteiger charge is 2.09. The summed E-state index contributed by atoms with van der Waals surface area (Å²) in [6, 6.07) is 16.9.